The first-order valence-corrected chi connectivity index (χ1v) is 11.7. The molecule has 1 amide bonds. The second-order valence-electron chi connectivity index (χ2n) is 9.62. The van der Waals surface area contributed by atoms with Gasteiger partial charge >= 0.3 is 0 Å². The summed E-state index contributed by atoms with van der Waals surface area (Å²) >= 11 is 0. The Labute approximate surface area is 185 Å². The maximum absolute atomic E-state index is 12.7. The second kappa shape index (κ2) is 8.64. The number of rotatable bonds is 8. The zero-order chi connectivity index (χ0) is 21.3. The highest BCUT2D eigenvalue weighted by molar-refractivity contribution is 5.95. The molecule has 1 atom stereocenters. The number of hydrogen-bond donors (Lipinski definition) is 2. The monoisotopic (exact) mass is 419 g/mol. The summed E-state index contributed by atoms with van der Waals surface area (Å²) in [6.07, 6.45) is 4.52. The van der Waals surface area contributed by atoms with Crippen molar-refractivity contribution in [2.24, 2.45) is 5.92 Å². The number of likely N-dealkylation sites (tertiary alicyclic amines) is 1. The van der Waals surface area contributed by atoms with Gasteiger partial charge in [0.2, 0.25) is 0 Å². The van der Waals surface area contributed by atoms with Gasteiger partial charge < -0.3 is 20.2 Å². The molecule has 1 saturated carbocycles. The normalized spacial score (nSPS) is 22.8. The van der Waals surface area contributed by atoms with Crippen molar-refractivity contribution in [2.75, 3.05) is 44.2 Å². The lowest BCUT2D eigenvalue weighted by atomic mass is 9.81. The highest BCUT2D eigenvalue weighted by Crippen LogP contribution is 2.48. The Morgan fingerprint density at radius 3 is 2.74 bits per heavy atom. The van der Waals surface area contributed by atoms with Gasteiger partial charge in [0.25, 0.3) is 5.91 Å². The molecule has 0 aromatic heterocycles. The SMILES string of the molecule is O=C(NCCCO)c1ccc2c(c1)C1(CCN(CC3CC3)C1)CN2Cc1ccccc1. The highest BCUT2D eigenvalue weighted by Gasteiger charge is 2.48. The molecule has 31 heavy (non-hydrogen) atoms. The minimum Gasteiger partial charge on any atom is -0.396 e. The number of aliphatic hydroxyl groups excluding tert-OH is 1. The van der Waals surface area contributed by atoms with Gasteiger partial charge in [-0.25, -0.2) is 0 Å². The van der Waals surface area contributed by atoms with Crippen LogP contribution in [0.1, 0.15) is 47.2 Å². The second-order valence-corrected chi connectivity index (χ2v) is 9.62. The number of nitrogens with zero attached hydrogens (tertiary/aromatic N) is 2. The Hall–Kier alpha value is -2.37. The number of carbonyl (C=O) groups excluding carboxylic acids is 1. The van der Waals surface area contributed by atoms with Crippen LogP contribution in [0.2, 0.25) is 0 Å². The van der Waals surface area contributed by atoms with Crippen LogP contribution in [-0.2, 0) is 12.0 Å². The zero-order valence-electron chi connectivity index (χ0n) is 18.2. The first-order valence-electron chi connectivity index (χ1n) is 11.7. The standard InChI is InChI=1S/C26H33N3O2/c30-14-4-12-27-25(31)22-9-10-24-23(15-22)26(11-13-28(18-26)16-21-7-8-21)19-29(24)17-20-5-2-1-3-6-20/h1-3,5-6,9-10,15,21,30H,4,7-8,11-14,16-19H2,(H,27,31). The van der Waals surface area contributed by atoms with Crippen LogP contribution in [0.4, 0.5) is 5.69 Å². The van der Waals surface area contributed by atoms with E-state index in [4.69, 9.17) is 5.11 Å². The number of nitrogens with one attached hydrogen (secondary N) is 1. The summed E-state index contributed by atoms with van der Waals surface area (Å²) in [5, 5.41) is 11.9. The molecule has 2 aromatic carbocycles. The van der Waals surface area contributed by atoms with Gasteiger partial charge in [0.05, 0.1) is 0 Å². The summed E-state index contributed by atoms with van der Waals surface area (Å²) in [6, 6.07) is 16.9. The maximum atomic E-state index is 12.7. The zero-order valence-corrected chi connectivity index (χ0v) is 18.2. The lowest BCUT2D eigenvalue weighted by molar-refractivity contribution is 0.0951. The number of hydrogen-bond acceptors (Lipinski definition) is 4. The fraction of sp³-hybridized carbons (Fsp3) is 0.500. The minimum atomic E-state index is -0.0410. The van der Waals surface area contributed by atoms with Crippen LogP contribution in [0.5, 0.6) is 0 Å². The molecule has 5 heteroatoms. The van der Waals surface area contributed by atoms with Crippen molar-refractivity contribution >= 4 is 11.6 Å². The molecule has 3 aliphatic rings. The molecule has 1 aliphatic carbocycles. The summed E-state index contributed by atoms with van der Waals surface area (Å²) in [7, 11) is 0. The van der Waals surface area contributed by atoms with Gasteiger partial charge in [-0.1, -0.05) is 30.3 Å². The lowest BCUT2D eigenvalue weighted by Gasteiger charge is -2.27. The molecular formula is C26H33N3O2. The van der Waals surface area contributed by atoms with E-state index >= 15 is 0 Å². The Morgan fingerprint density at radius 2 is 1.97 bits per heavy atom. The molecule has 5 rings (SSSR count). The fourth-order valence-electron chi connectivity index (χ4n) is 5.37. The van der Waals surface area contributed by atoms with E-state index in [1.165, 1.54) is 36.2 Å². The van der Waals surface area contributed by atoms with Gasteiger partial charge in [-0.3, -0.25) is 4.79 Å². The predicted molar refractivity (Wildman–Crippen MR) is 123 cm³/mol. The van der Waals surface area contributed by atoms with Crippen molar-refractivity contribution in [3.63, 3.8) is 0 Å². The van der Waals surface area contributed by atoms with Gasteiger partial charge in [0.1, 0.15) is 0 Å². The lowest BCUT2D eigenvalue weighted by Crippen LogP contribution is -2.37. The predicted octanol–water partition coefficient (Wildman–Crippen LogP) is 3.17. The van der Waals surface area contributed by atoms with E-state index in [-0.39, 0.29) is 17.9 Å². The molecule has 2 N–H and O–H groups in total. The van der Waals surface area contributed by atoms with Crippen molar-refractivity contribution < 1.29 is 9.90 Å². The molecule has 2 heterocycles. The Bertz CT molecular complexity index is 928. The quantitative estimate of drug-likeness (QED) is 0.646. The molecule has 0 bridgehead atoms. The topological polar surface area (TPSA) is 55.8 Å². The first-order chi connectivity index (χ1) is 15.2. The maximum Gasteiger partial charge on any atom is 0.251 e. The van der Waals surface area contributed by atoms with Gasteiger partial charge in [0.15, 0.2) is 0 Å². The van der Waals surface area contributed by atoms with Gasteiger partial charge in [-0.2, -0.15) is 0 Å². The van der Waals surface area contributed by atoms with Crippen LogP contribution < -0.4 is 10.2 Å². The van der Waals surface area contributed by atoms with Crippen LogP contribution in [0.25, 0.3) is 0 Å². The van der Waals surface area contributed by atoms with Crippen molar-refractivity contribution in [1.82, 2.24) is 10.2 Å². The van der Waals surface area contributed by atoms with E-state index < -0.39 is 0 Å². The van der Waals surface area contributed by atoms with Crippen LogP contribution in [0.15, 0.2) is 48.5 Å². The van der Waals surface area contributed by atoms with E-state index in [1.54, 1.807) is 0 Å². The average molecular weight is 420 g/mol. The van der Waals surface area contributed by atoms with E-state index in [0.717, 1.165) is 44.1 Å². The Morgan fingerprint density at radius 1 is 1.13 bits per heavy atom. The molecule has 0 radical (unpaired) electrons. The molecule has 2 fully saturated rings. The smallest absolute Gasteiger partial charge is 0.251 e. The third-order valence-electron chi connectivity index (χ3n) is 7.15. The molecule has 5 nitrogen and oxygen atoms in total. The molecule has 1 saturated heterocycles. The number of aliphatic hydroxyl groups is 1. The van der Waals surface area contributed by atoms with E-state index in [1.807, 2.05) is 6.07 Å². The van der Waals surface area contributed by atoms with Crippen molar-refractivity contribution in [3.05, 3.63) is 65.2 Å². The first kappa shape index (κ1) is 20.5. The molecular weight excluding hydrogens is 386 g/mol. The number of anilines is 1. The molecule has 2 aromatic rings. The summed E-state index contributed by atoms with van der Waals surface area (Å²) in [5.74, 6) is 0.862. The van der Waals surface area contributed by atoms with Crippen molar-refractivity contribution in [3.8, 4) is 0 Å². The summed E-state index contributed by atoms with van der Waals surface area (Å²) in [4.78, 5) is 17.9. The van der Waals surface area contributed by atoms with Crippen molar-refractivity contribution in [1.29, 1.82) is 0 Å². The van der Waals surface area contributed by atoms with Gasteiger partial charge in [0, 0.05) is 56.0 Å². The molecule has 1 unspecified atom stereocenters. The summed E-state index contributed by atoms with van der Waals surface area (Å²) in [6.45, 7) is 6.01. The molecule has 164 valence electrons. The third-order valence-corrected chi connectivity index (χ3v) is 7.15. The molecule has 2 aliphatic heterocycles. The van der Waals surface area contributed by atoms with Crippen LogP contribution in [-0.4, -0.2) is 55.2 Å². The van der Waals surface area contributed by atoms with Crippen molar-refractivity contribution in [2.45, 2.75) is 37.6 Å². The third kappa shape index (κ3) is 4.35. The number of fused-ring (bicyclic) bond motifs is 2. The summed E-state index contributed by atoms with van der Waals surface area (Å²) in [5.41, 5.74) is 4.79. The molecule has 1 spiro atoms. The number of benzene rings is 2. The van der Waals surface area contributed by atoms with Crippen LogP contribution >= 0.6 is 0 Å². The number of amides is 1. The van der Waals surface area contributed by atoms with E-state index in [9.17, 15) is 4.79 Å². The summed E-state index contributed by atoms with van der Waals surface area (Å²) < 4.78 is 0. The van der Waals surface area contributed by atoms with E-state index in [0.29, 0.717) is 13.0 Å². The van der Waals surface area contributed by atoms with Gasteiger partial charge in [-0.15, -0.1) is 0 Å². The number of carbonyl (C=O) groups is 1. The largest absolute Gasteiger partial charge is 0.396 e. The Balaban J connectivity index is 1.42. The van der Waals surface area contributed by atoms with E-state index in [2.05, 4.69) is 57.6 Å². The van der Waals surface area contributed by atoms with Crippen LogP contribution in [0.3, 0.4) is 0 Å². The van der Waals surface area contributed by atoms with Crippen LogP contribution in [0, 0.1) is 5.92 Å². The van der Waals surface area contributed by atoms with Gasteiger partial charge in [-0.05, 0) is 67.5 Å². The fourth-order valence-corrected chi connectivity index (χ4v) is 5.37. The minimum absolute atomic E-state index is 0.0410. The average Bonchev–Trinajstić information content (AvgIpc) is 3.44. The highest BCUT2D eigenvalue weighted by atomic mass is 16.3. The Kier molecular flexibility index (Phi) is 5.72.